The van der Waals surface area contributed by atoms with E-state index < -0.39 is 21.4 Å². The molecule has 2 rings (SSSR count). The van der Waals surface area contributed by atoms with Gasteiger partial charge in [0.25, 0.3) is 5.91 Å². The average molecular weight is 287 g/mol. The number of azo groups is 1. The molecule has 1 amide bonds. The third-order valence-corrected chi connectivity index (χ3v) is 3.17. The lowest BCUT2D eigenvalue weighted by Gasteiger charge is -2.05. The highest BCUT2D eigenvalue weighted by Crippen LogP contribution is 2.27. The van der Waals surface area contributed by atoms with Crippen molar-refractivity contribution in [2.75, 3.05) is 0 Å². The normalized spacial score (nSPS) is 23.6. The molecule has 1 aliphatic heterocycles. The van der Waals surface area contributed by atoms with Crippen molar-refractivity contribution in [3.05, 3.63) is 35.9 Å². The highest BCUT2D eigenvalue weighted by atomic mass is 35.5. The van der Waals surface area contributed by atoms with Crippen LogP contribution in [-0.4, -0.2) is 25.1 Å². The van der Waals surface area contributed by atoms with E-state index in [-0.39, 0.29) is 5.96 Å². The topological polar surface area (TPSA) is 103 Å². The molecule has 94 valence electrons. The van der Waals surface area contributed by atoms with E-state index in [0.717, 1.165) is 0 Å². The molecule has 0 aromatic heterocycles. The Morgan fingerprint density at radius 1 is 1.39 bits per heavy atom. The predicted octanol–water partition coefficient (Wildman–Crippen LogP) is 1.31. The number of carbonyl (C=O) groups is 1. The molecule has 2 unspecified atom stereocenters. The third kappa shape index (κ3) is 2.61. The third-order valence-electron chi connectivity index (χ3n) is 2.00. The maximum absolute atomic E-state index is 11.7. The standard InChI is InChI=1S/C9H7ClN4O3S/c10-9(18(16)17)12-8(13-14-9)11-7(15)6-4-2-1-3-5-6/h1-5H,(H,16,17)(H,11,12,15). The number of guanidine groups is 1. The first-order valence-electron chi connectivity index (χ1n) is 4.70. The zero-order valence-electron chi connectivity index (χ0n) is 8.78. The van der Waals surface area contributed by atoms with Crippen molar-refractivity contribution < 1.29 is 13.6 Å². The smallest absolute Gasteiger partial charge is 0.302 e. The van der Waals surface area contributed by atoms with E-state index >= 15 is 0 Å². The van der Waals surface area contributed by atoms with Crippen LogP contribution >= 0.6 is 11.6 Å². The number of benzene rings is 1. The summed E-state index contributed by atoms with van der Waals surface area (Å²) < 4.78 is 17.6. The number of halogens is 1. The summed E-state index contributed by atoms with van der Waals surface area (Å²) in [5.74, 6) is -0.667. The Kier molecular flexibility index (Phi) is 3.50. The number of hydrogen-bond donors (Lipinski definition) is 2. The van der Waals surface area contributed by atoms with Gasteiger partial charge in [0.15, 0.2) is 0 Å². The fraction of sp³-hybridized carbons (Fsp3) is 0.111. The SMILES string of the molecule is O=C(NC1=NC(Cl)(S(=O)O)N=N1)c1ccccc1. The van der Waals surface area contributed by atoms with Crippen LogP contribution in [-0.2, 0) is 11.1 Å². The summed E-state index contributed by atoms with van der Waals surface area (Å²) in [4.78, 5) is 15.3. The minimum absolute atomic E-state index is 0.207. The van der Waals surface area contributed by atoms with Gasteiger partial charge in [0, 0.05) is 5.56 Å². The molecule has 2 N–H and O–H groups in total. The van der Waals surface area contributed by atoms with Crippen LogP contribution < -0.4 is 5.32 Å². The van der Waals surface area contributed by atoms with E-state index in [4.69, 9.17) is 16.2 Å². The van der Waals surface area contributed by atoms with Crippen molar-refractivity contribution in [3.8, 4) is 0 Å². The van der Waals surface area contributed by atoms with Gasteiger partial charge in [-0.15, -0.1) is 10.2 Å². The molecule has 18 heavy (non-hydrogen) atoms. The zero-order chi connectivity index (χ0) is 13.2. The quantitative estimate of drug-likeness (QED) is 0.486. The van der Waals surface area contributed by atoms with Crippen molar-refractivity contribution in [1.82, 2.24) is 5.32 Å². The average Bonchev–Trinajstić information content (AvgIpc) is 2.73. The molecule has 9 heteroatoms. The van der Waals surface area contributed by atoms with E-state index in [1.165, 1.54) is 0 Å². The number of aliphatic imine (C=N–C) groups is 1. The molecule has 0 bridgehead atoms. The Morgan fingerprint density at radius 2 is 2.06 bits per heavy atom. The predicted molar refractivity (Wildman–Crippen MR) is 65.6 cm³/mol. The summed E-state index contributed by atoms with van der Waals surface area (Å²) >= 11 is 3.06. The van der Waals surface area contributed by atoms with Crippen molar-refractivity contribution in [3.63, 3.8) is 0 Å². The van der Waals surface area contributed by atoms with Gasteiger partial charge in [0.05, 0.1) is 0 Å². The van der Waals surface area contributed by atoms with Gasteiger partial charge in [-0.05, 0) is 23.7 Å². The molecular formula is C9H7ClN4O3S. The van der Waals surface area contributed by atoms with Crippen molar-refractivity contribution in [2.45, 2.75) is 4.45 Å². The van der Waals surface area contributed by atoms with Crippen LogP contribution in [0.5, 0.6) is 0 Å². The number of rotatable bonds is 2. The molecular weight excluding hydrogens is 280 g/mol. The molecule has 1 heterocycles. The Bertz CT molecular complexity index is 562. The molecule has 7 nitrogen and oxygen atoms in total. The summed E-state index contributed by atoms with van der Waals surface area (Å²) in [6, 6.07) is 8.35. The second kappa shape index (κ2) is 4.92. The van der Waals surface area contributed by atoms with E-state index in [0.29, 0.717) is 5.56 Å². The summed E-state index contributed by atoms with van der Waals surface area (Å²) in [5.41, 5.74) is 0.396. The Balaban J connectivity index is 2.11. The number of nitrogens with one attached hydrogen (secondary N) is 1. The molecule has 1 aromatic rings. The minimum Gasteiger partial charge on any atom is -0.302 e. The van der Waals surface area contributed by atoms with Crippen LogP contribution in [0.3, 0.4) is 0 Å². The Morgan fingerprint density at radius 3 is 2.61 bits per heavy atom. The second-order valence-corrected chi connectivity index (χ2v) is 5.05. The molecule has 0 aliphatic carbocycles. The summed E-state index contributed by atoms with van der Waals surface area (Å²) in [6.07, 6.45) is 0. The van der Waals surface area contributed by atoms with E-state index in [9.17, 15) is 9.00 Å². The number of nitrogens with zero attached hydrogens (tertiary/aromatic N) is 3. The van der Waals surface area contributed by atoms with Gasteiger partial charge in [-0.3, -0.25) is 10.1 Å². The second-order valence-electron chi connectivity index (χ2n) is 3.23. The lowest BCUT2D eigenvalue weighted by Crippen LogP contribution is -2.29. The van der Waals surface area contributed by atoms with E-state index in [1.54, 1.807) is 30.3 Å². The van der Waals surface area contributed by atoms with Gasteiger partial charge >= 0.3 is 4.45 Å². The van der Waals surface area contributed by atoms with Crippen molar-refractivity contribution in [1.29, 1.82) is 0 Å². The molecule has 1 aliphatic rings. The fourth-order valence-corrected chi connectivity index (χ4v) is 1.57. The molecule has 1 aromatic carbocycles. The largest absolute Gasteiger partial charge is 0.350 e. The van der Waals surface area contributed by atoms with Crippen LogP contribution in [0.2, 0.25) is 0 Å². The molecule has 0 spiro atoms. The number of carbonyl (C=O) groups excluding carboxylic acids is 1. The van der Waals surface area contributed by atoms with Crippen molar-refractivity contribution in [2.24, 2.45) is 15.2 Å². The van der Waals surface area contributed by atoms with Crippen LogP contribution in [0.15, 0.2) is 45.6 Å². The number of alkyl halides is 1. The van der Waals surface area contributed by atoms with Gasteiger partial charge < -0.3 is 4.55 Å². The maximum atomic E-state index is 11.7. The lowest BCUT2D eigenvalue weighted by atomic mass is 10.2. The zero-order valence-corrected chi connectivity index (χ0v) is 10.4. The molecule has 0 saturated heterocycles. The van der Waals surface area contributed by atoms with E-state index in [2.05, 4.69) is 20.5 Å². The summed E-state index contributed by atoms with van der Waals surface area (Å²) in [7, 11) is 0. The Hall–Kier alpha value is -1.64. The number of hydrogen-bond acceptors (Lipinski definition) is 5. The van der Waals surface area contributed by atoms with Crippen molar-refractivity contribution >= 4 is 34.5 Å². The first-order chi connectivity index (χ1) is 8.51. The Labute approximate surface area is 109 Å². The molecule has 0 saturated carbocycles. The van der Waals surface area contributed by atoms with Crippen LogP contribution in [0.25, 0.3) is 0 Å². The van der Waals surface area contributed by atoms with Gasteiger partial charge in [-0.2, -0.15) is 4.99 Å². The lowest BCUT2D eigenvalue weighted by molar-refractivity contribution is 0.0976. The monoisotopic (exact) mass is 286 g/mol. The van der Waals surface area contributed by atoms with Crippen LogP contribution in [0, 0.1) is 0 Å². The van der Waals surface area contributed by atoms with Gasteiger partial charge in [0.1, 0.15) is 0 Å². The maximum Gasteiger partial charge on any atom is 0.350 e. The highest BCUT2D eigenvalue weighted by Gasteiger charge is 2.38. The number of amides is 1. The summed E-state index contributed by atoms with van der Waals surface area (Å²) in [5, 5.41) is 9.08. The minimum atomic E-state index is -2.52. The van der Waals surface area contributed by atoms with Gasteiger partial charge in [-0.25, -0.2) is 4.21 Å². The first kappa shape index (κ1) is 12.8. The first-order valence-corrected chi connectivity index (χ1v) is 6.19. The van der Waals surface area contributed by atoms with E-state index in [1.807, 2.05) is 0 Å². The van der Waals surface area contributed by atoms with Crippen LogP contribution in [0.4, 0.5) is 0 Å². The van der Waals surface area contributed by atoms with Gasteiger partial charge in [0.2, 0.25) is 17.0 Å². The highest BCUT2D eigenvalue weighted by molar-refractivity contribution is 7.82. The van der Waals surface area contributed by atoms with Gasteiger partial charge in [-0.1, -0.05) is 18.2 Å². The molecule has 0 radical (unpaired) electrons. The molecule has 0 fully saturated rings. The summed E-state index contributed by atoms with van der Waals surface area (Å²) in [6.45, 7) is 0. The fourth-order valence-electron chi connectivity index (χ4n) is 1.17. The molecule has 2 atom stereocenters. The van der Waals surface area contributed by atoms with Crippen LogP contribution in [0.1, 0.15) is 10.4 Å².